The molecule has 1 aliphatic rings. The smallest absolute Gasteiger partial charge is 0.114 e. The molecule has 0 amide bonds. The van der Waals surface area contributed by atoms with Gasteiger partial charge in [0.1, 0.15) is 1.28 Å². The third-order valence-corrected chi connectivity index (χ3v) is 2.12. The Morgan fingerprint density at radius 2 is 2.71 bits per heavy atom. The van der Waals surface area contributed by atoms with Gasteiger partial charge >= 0.3 is 0 Å². The summed E-state index contributed by atoms with van der Waals surface area (Å²) in [5.41, 5.74) is 0.267. The van der Waals surface area contributed by atoms with Crippen molar-refractivity contribution in [3.63, 3.8) is 0 Å². The first-order chi connectivity index (χ1) is 3.83. The highest BCUT2D eigenvalue weighted by Gasteiger charge is 2.39. The van der Waals surface area contributed by atoms with E-state index in [4.69, 9.17) is 1.28 Å². The molecule has 1 aliphatic carbocycles. The molecule has 0 bridgehead atoms. The van der Waals surface area contributed by atoms with Crippen LogP contribution in [0.5, 0.6) is 0 Å². The average Bonchev–Trinajstić information content (AvgIpc) is 2.50. The predicted molar refractivity (Wildman–Crippen MR) is 33.0 cm³/mol. The van der Waals surface area contributed by atoms with Crippen LogP contribution in [0.1, 0.15) is 26.2 Å². The van der Waals surface area contributed by atoms with Crippen molar-refractivity contribution < 1.29 is 0 Å². The summed E-state index contributed by atoms with van der Waals surface area (Å²) in [6.07, 6.45) is 3.56. The largest absolute Gasteiger partial charge is 0.265 e. The first-order valence-electron chi connectivity index (χ1n) is 3.14. The van der Waals surface area contributed by atoms with Gasteiger partial charge in [0.05, 0.1) is 5.54 Å². The molecule has 0 aromatic carbocycles. The van der Waals surface area contributed by atoms with Crippen molar-refractivity contribution in [2.45, 2.75) is 31.7 Å². The third-order valence-electron chi connectivity index (χ3n) is 1.70. The van der Waals surface area contributed by atoms with Crippen LogP contribution in [0.2, 0.25) is 0 Å². The van der Waals surface area contributed by atoms with Gasteiger partial charge in [-0.3, -0.25) is 4.74 Å². The van der Waals surface area contributed by atoms with Crippen molar-refractivity contribution in [2.75, 3.05) is 0 Å². The Morgan fingerprint density at radius 3 is 2.86 bits per heavy atom. The lowest BCUT2D eigenvalue weighted by Gasteiger charge is -1.99. The second-order valence-electron chi connectivity index (χ2n) is 2.18. The summed E-state index contributed by atoms with van der Waals surface area (Å²) in [5.74, 6) is 0. The predicted octanol–water partition coefficient (Wildman–Crippen LogP) is 2.26. The highest BCUT2D eigenvalue weighted by Crippen LogP contribution is 2.43. The van der Waals surface area contributed by atoms with Crippen molar-refractivity contribution >= 4 is 8.98 Å². The van der Waals surface area contributed by atoms with Gasteiger partial charge in [0.15, 0.2) is 0 Å². The first kappa shape index (κ1) is 4.03. The molecule has 1 rings (SSSR count). The van der Waals surface area contributed by atoms with Gasteiger partial charge in [-0.15, -0.1) is 0 Å². The minimum atomic E-state index is 0.267. The van der Waals surface area contributed by atoms with Gasteiger partial charge in [-0.25, -0.2) is 0 Å². The molecular weight excluding hydrogens is 105 g/mol. The number of rotatable bonds is 2. The molecular formula is C5H10NP. The van der Waals surface area contributed by atoms with Crippen LogP contribution in [0.3, 0.4) is 0 Å². The summed E-state index contributed by atoms with van der Waals surface area (Å²) < 4.78 is 10.9. The van der Waals surface area contributed by atoms with Crippen LogP contribution in [0, 0.1) is 0 Å². The van der Waals surface area contributed by atoms with Crippen LogP contribution in [0.25, 0.3) is 0 Å². The molecule has 0 radical (unpaired) electrons. The van der Waals surface area contributed by atoms with Crippen LogP contribution >= 0.6 is 8.98 Å². The molecule has 0 N–H and O–H groups in total. The molecule has 0 saturated heterocycles. The summed E-state index contributed by atoms with van der Waals surface area (Å²) in [6, 6.07) is 0. The summed E-state index contributed by atoms with van der Waals surface area (Å²) in [7, 11) is 0.462. The maximum Gasteiger partial charge on any atom is 0.114 e. The van der Waals surface area contributed by atoms with Gasteiger partial charge in [-0.1, -0.05) is 6.92 Å². The maximum absolute atomic E-state index is 6.81. The van der Waals surface area contributed by atoms with Crippen molar-refractivity contribution in [1.29, 1.82) is 1.28 Å². The zero-order valence-corrected chi connectivity index (χ0v) is 5.41. The molecule has 0 unspecified atom stereocenters. The number of nitrogens with zero attached hydrogens (tertiary/aromatic N) is 1. The minimum absolute atomic E-state index is 0.267. The standard InChI is InChI=1S/C5H10NP/c1-2-5(6-7)3-4-5/h7H,2-4H2,1H3/i7D. The average molecular weight is 116 g/mol. The van der Waals surface area contributed by atoms with E-state index < -0.39 is 0 Å². The maximum atomic E-state index is 6.81. The van der Waals surface area contributed by atoms with E-state index in [2.05, 4.69) is 11.7 Å². The van der Waals surface area contributed by atoms with E-state index in [1.54, 1.807) is 0 Å². The molecule has 1 nitrogen and oxygen atoms in total. The fourth-order valence-electron chi connectivity index (χ4n) is 0.669. The van der Waals surface area contributed by atoms with Crippen molar-refractivity contribution in [2.24, 2.45) is 4.74 Å². The lowest BCUT2D eigenvalue weighted by molar-refractivity contribution is 0.664. The molecule has 0 spiro atoms. The van der Waals surface area contributed by atoms with Crippen LogP contribution in [-0.4, -0.2) is 6.82 Å². The molecule has 0 atom stereocenters. The van der Waals surface area contributed by atoms with Crippen LogP contribution in [0.15, 0.2) is 4.74 Å². The molecule has 1 fully saturated rings. The van der Waals surface area contributed by atoms with Crippen molar-refractivity contribution in [1.82, 2.24) is 0 Å². The van der Waals surface area contributed by atoms with E-state index in [-0.39, 0.29) is 5.54 Å². The Labute approximate surface area is 47.7 Å². The Kier molecular flexibility index (Phi) is 0.895. The quantitative estimate of drug-likeness (QED) is 0.490. The molecule has 7 heavy (non-hydrogen) atoms. The lowest BCUT2D eigenvalue weighted by Crippen LogP contribution is -1.97. The fourth-order valence-corrected chi connectivity index (χ4v) is 1.01. The van der Waals surface area contributed by atoms with Gasteiger partial charge in [0.25, 0.3) is 0 Å². The van der Waals surface area contributed by atoms with Gasteiger partial charge in [-0.05, 0) is 28.2 Å². The van der Waals surface area contributed by atoms with Gasteiger partial charge in [0, 0.05) is 0 Å². The van der Waals surface area contributed by atoms with E-state index in [0.29, 0.717) is 8.98 Å². The van der Waals surface area contributed by atoms with E-state index in [0.717, 1.165) is 6.42 Å². The molecule has 0 aliphatic heterocycles. The topological polar surface area (TPSA) is 12.4 Å². The van der Waals surface area contributed by atoms with Crippen LogP contribution < -0.4 is 0 Å². The molecule has 40 valence electrons. The van der Waals surface area contributed by atoms with Crippen molar-refractivity contribution in [3.8, 4) is 0 Å². The second kappa shape index (κ2) is 1.56. The second-order valence-corrected chi connectivity index (χ2v) is 2.38. The molecule has 0 heterocycles. The Morgan fingerprint density at radius 1 is 2.00 bits per heavy atom. The van der Waals surface area contributed by atoms with E-state index in [9.17, 15) is 0 Å². The molecule has 1 saturated carbocycles. The normalized spacial score (nSPS) is 27.9. The number of hydrogen-bond donors (Lipinski definition) is 0. The Bertz CT molecular complexity index is 109. The van der Waals surface area contributed by atoms with Gasteiger partial charge in [-0.2, -0.15) is 0 Å². The van der Waals surface area contributed by atoms with Gasteiger partial charge in [0.2, 0.25) is 0 Å². The lowest BCUT2D eigenvalue weighted by atomic mass is 10.2. The first-order valence-corrected chi connectivity index (χ1v) is 3.09. The zero-order chi connectivity index (χ0) is 6.04. The Hall–Kier alpha value is 0.100. The Balaban J connectivity index is 2.41. The summed E-state index contributed by atoms with van der Waals surface area (Å²) in [5, 5.41) is 0. The highest BCUT2D eigenvalue weighted by molar-refractivity contribution is 7.04. The third kappa shape index (κ3) is 0.832. The molecule has 2 heteroatoms. The monoisotopic (exact) mass is 116 g/mol. The summed E-state index contributed by atoms with van der Waals surface area (Å²) in [4.78, 5) is 0. The highest BCUT2D eigenvalue weighted by atomic mass is 31.0. The summed E-state index contributed by atoms with van der Waals surface area (Å²) >= 11 is 0. The van der Waals surface area contributed by atoms with Crippen LogP contribution in [-0.2, 0) is 0 Å². The van der Waals surface area contributed by atoms with Crippen LogP contribution in [0.4, 0.5) is 0 Å². The van der Waals surface area contributed by atoms with E-state index >= 15 is 0 Å². The zero-order valence-electron chi connectivity index (χ0n) is 5.52. The molecule has 0 aromatic rings. The number of hydrogen-bond acceptors (Lipinski definition) is 1. The molecule has 0 aromatic heterocycles. The summed E-state index contributed by atoms with van der Waals surface area (Å²) in [6.45, 7) is 2.14. The SMILES string of the molecule is [2H]/P=N/C1(CC)CC1. The van der Waals surface area contributed by atoms with Crippen molar-refractivity contribution in [3.05, 3.63) is 0 Å². The minimum Gasteiger partial charge on any atom is -0.265 e. The fraction of sp³-hybridized carbons (Fsp3) is 1.00. The van der Waals surface area contributed by atoms with Gasteiger partial charge < -0.3 is 0 Å². The van der Waals surface area contributed by atoms with E-state index in [1.807, 2.05) is 0 Å². The van der Waals surface area contributed by atoms with E-state index in [1.165, 1.54) is 12.8 Å².